The van der Waals surface area contributed by atoms with Crippen molar-refractivity contribution in [2.24, 2.45) is 0 Å². The molecule has 0 spiro atoms. The third-order valence-electron chi connectivity index (χ3n) is 1.71. The van der Waals surface area contributed by atoms with Crippen molar-refractivity contribution >= 4 is 17.5 Å². The molecule has 1 unspecified atom stereocenters. The second-order valence-electron chi connectivity index (χ2n) is 2.79. The Bertz CT molecular complexity index is 401. The lowest BCUT2D eigenvalue weighted by Gasteiger charge is -2.07. The van der Waals surface area contributed by atoms with Crippen LogP contribution in [0.3, 0.4) is 0 Å². The van der Waals surface area contributed by atoms with Crippen LogP contribution in [0.4, 0.5) is 0 Å². The zero-order chi connectivity index (χ0) is 11.3. The first-order chi connectivity index (χ1) is 7.17. The van der Waals surface area contributed by atoms with E-state index in [1.807, 2.05) is 6.07 Å². The highest BCUT2D eigenvalue weighted by atomic mass is 35.5. The van der Waals surface area contributed by atoms with Crippen molar-refractivity contribution in [1.29, 1.82) is 5.26 Å². The first kappa shape index (κ1) is 11.4. The number of aromatic nitrogens is 2. The highest BCUT2D eigenvalue weighted by Gasteiger charge is 2.12. The quantitative estimate of drug-likeness (QED) is 0.836. The van der Waals surface area contributed by atoms with E-state index in [4.69, 9.17) is 16.9 Å². The third-order valence-corrected chi connectivity index (χ3v) is 1.89. The van der Waals surface area contributed by atoms with E-state index in [1.165, 1.54) is 12.4 Å². The normalized spacial score (nSPS) is 11.5. The highest BCUT2D eigenvalue weighted by molar-refractivity contribution is 6.29. The van der Waals surface area contributed by atoms with E-state index in [-0.39, 0.29) is 10.8 Å². The topological polar surface area (TPSA) is 78.7 Å². The Hall–Kier alpha value is -1.67. The van der Waals surface area contributed by atoms with Gasteiger partial charge >= 0.3 is 0 Å². The number of hydrogen-bond acceptors (Lipinski definition) is 4. The summed E-state index contributed by atoms with van der Waals surface area (Å²) in [4.78, 5) is 19.0. The molecule has 0 aliphatic rings. The number of carbonyl (C=O) groups is 1. The minimum atomic E-state index is -0.515. The van der Waals surface area contributed by atoms with Crippen molar-refractivity contribution in [2.45, 2.75) is 19.4 Å². The van der Waals surface area contributed by atoms with Crippen molar-refractivity contribution in [3.63, 3.8) is 0 Å². The molecule has 0 fully saturated rings. The van der Waals surface area contributed by atoms with Gasteiger partial charge in [0.2, 0.25) is 0 Å². The van der Waals surface area contributed by atoms with Gasteiger partial charge in [-0.2, -0.15) is 5.26 Å². The predicted molar refractivity (Wildman–Crippen MR) is 54.2 cm³/mol. The van der Waals surface area contributed by atoms with Gasteiger partial charge in [-0.3, -0.25) is 9.78 Å². The molecule has 1 N–H and O–H groups in total. The van der Waals surface area contributed by atoms with Crippen LogP contribution in [0.25, 0.3) is 0 Å². The molecule has 0 saturated heterocycles. The molecule has 1 atom stereocenters. The minimum absolute atomic E-state index is 0.108. The average molecular weight is 225 g/mol. The van der Waals surface area contributed by atoms with Crippen molar-refractivity contribution in [1.82, 2.24) is 15.3 Å². The maximum atomic E-state index is 11.5. The van der Waals surface area contributed by atoms with Gasteiger partial charge in [0.05, 0.1) is 18.5 Å². The van der Waals surface area contributed by atoms with Crippen LogP contribution in [0, 0.1) is 11.3 Å². The van der Waals surface area contributed by atoms with Crippen LogP contribution in [-0.4, -0.2) is 21.9 Å². The Morgan fingerprint density at radius 3 is 3.00 bits per heavy atom. The summed E-state index contributed by atoms with van der Waals surface area (Å²) < 4.78 is 0. The standard InChI is InChI=1S/C9H9ClN4O/c1-2-6(3-11)13-9(15)7-4-12-5-8(10)14-7/h4-6H,2H2,1H3,(H,13,15). The van der Waals surface area contributed by atoms with Crippen LogP contribution in [0.5, 0.6) is 0 Å². The van der Waals surface area contributed by atoms with Crippen molar-refractivity contribution in [3.8, 4) is 6.07 Å². The summed E-state index contributed by atoms with van der Waals surface area (Å²) in [5, 5.41) is 11.3. The molecule has 6 heteroatoms. The van der Waals surface area contributed by atoms with Gasteiger partial charge in [-0.15, -0.1) is 0 Å². The molecule has 1 heterocycles. The van der Waals surface area contributed by atoms with Crippen LogP contribution in [0.1, 0.15) is 23.8 Å². The molecular weight excluding hydrogens is 216 g/mol. The van der Waals surface area contributed by atoms with Gasteiger partial charge < -0.3 is 5.32 Å². The molecule has 0 radical (unpaired) electrons. The molecule has 1 amide bonds. The van der Waals surface area contributed by atoms with E-state index in [1.54, 1.807) is 6.92 Å². The van der Waals surface area contributed by atoms with Crippen molar-refractivity contribution < 1.29 is 4.79 Å². The zero-order valence-corrected chi connectivity index (χ0v) is 8.82. The first-order valence-corrected chi connectivity index (χ1v) is 4.73. The summed E-state index contributed by atoms with van der Waals surface area (Å²) in [7, 11) is 0. The maximum Gasteiger partial charge on any atom is 0.272 e. The van der Waals surface area contributed by atoms with E-state index in [0.717, 1.165) is 0 Å². The number of amides is 1. The van der Waals surface area contributed by atoms with Gasteiger partial charge in [0.15, 0.2) is 0 Å². The molecule has 0 aliphatic carbocycles. The molecule has 0 bridgehead atoms. The zero-order valence-electron chi connectivity index (χ0n) is 8.07. The molecular formula is C9H9ClN4O. The second kappa shape index (κ2) is 5.27. The Kier molecular flexibility index (Phi) is 4.01. The van der Waals surface area contributed by atoms with Gasteiger partial charge in [-0.05, 0) is 6.42 Å². The lowest BCUT2D eigenvalue weighted by molar-refractivity contribution is 0.0939. The van der Waals surface area contributed by atoms with E-state index in [0.29, 0.717) is 6.42 Å². The van der Waals surface area contributed by atoms with Gasteiger partial charge in [0.25, 0.3) is 5.91 Å². The average Bonchev–Trinajstić information content (AvgIpc) is 2.25. The van der Waals surface area contributed by atoms with Crippen LogP contribution in [0.15, 0.2) is 12.4 Å². The monoisotopic (exact) mass is 224 g/mol. The number of nitriles is 1. The summed E-state index contributed by atoms with van der Waals surface area (Å²) in [6, 6.07) is 1.44. The fourth-order valence-corrected chi connectivity index (χ4v) is 1.06. The molecule has 15 heavy (non-hydrogen) atoms. The Morgan fingerprint density at radius 2 is 2.47 bits per heavy atom. The fraction of sp³-hybridized carbons (Fsp3) is 0.333. The Balaban J connectivity index is 2.74. The number of hydrogen-bond donors (Lipinski definition) is 1. The fourth-order valence-electron chi connectivity index (χ4n) is 0.909. The summed E-state index contributed by atoms with van der Waals surface area (Å²) in [5.41, 5.74) is 0.108. The van der Waals surface area contributed by atoms with Crippen molar-refractivity contribution in [2.75, 3.05) is 0 Å². The largest absolute Gasteiger partial charge is 0.335 e. The van der Waals surface area contributed by atoms with E-state index in [9.17, 15) is 4.79 Å². The third kappa shape index (κ3) is 3.18. The summed E-state index contributed by atoms with van der Waals surface area (Å²) >= 11 is 5.57. The molecule has 0 aromatic carbocycles. The van der Waals surface area contributed by atoms with Crippen LogP contribution >= 0.6 is 11.6 Å². The summed E-state index contributed by atoms with van der Waals surface area (Å²) in [5.74, 6) is -0.446. The lowest BCUT2D eigenvalue weighted by Crippen LogP contribution is -2.33. The predicted octanol–water partition coefficient (Wildman–Crippen LogP) is 1.16. The van der Waals surface area contributed by atoms with Crippen LogP contribution in [-0.2, 0) is 0 Å². The van der Waals surface area contributed by atoms with Crippen LogP contribution < -0.4 is 5.32 Å². The number of carbonyl (C=O) groups excluding carboxylic acids is 1. The van der Waals surface area contributed by atoms with E-state index >= 15 is 0 Å². The second-order valence-corrected chi connectivity index (χ2v) is 3.18. The molecule has 1 rings (SSSR count). The number of halogens is 1. The van der Waals surface area contributed by atoms with Gasteiger partial charge in [-0.1, -0.05) is 18.5 Å². The highest BCUT2D eigenvalue weighted by Crippen LogP contribution is 2.02. The number of nitrogens with one attached hydrogen (secondary N) is 1. The number of nitrogens with zero attached hydrogens (tertiary/aromatic N) is 3. The lowest BCUT2D eigenvalue weighted by atomic mass is 10.2. The first-order valence-electron chi connectivity index (χ1n) is 4.35. The van der Waals surface area contributed by atoms with E-state index < -0.39 is 11.9 Å². The van der Waals surface area contributed by atoms with Crippen molar-refractivity contribution in [3.05, 3.63) is 23.2 Å². The van der Waals surface area contributed by atoms with Gasteiger partial charge in [0, 0.05) is 0 Å². The maximum absolute atomic E-state index is 11.5. The molecule has 0 saturated carbocycles. The van der Waals surface area contributed by atoms with Gasteiger partial charge in [0.1, 0.15) is 16.9 Å². The molecule has 0 aliphatic heterocycles. The smallest absolute Gasteiger partial charge is 0.272 e. The Morgan fingerprint density at radius 1 is 1.73 bits per heavy atom. The molecule has 1 aromatic heterocycles. The summed E-state index contributed by atoms with van der Waals surface area (Å²) in [6.07, 6.45) is 3.17. The minimum Gasteiger partial charge on any atom is -0.335 e. The molecule has 5 nitrogen and oxygen atoms in total. The molecule has 1 aromatic rings. The van der Waals surface area contributed by atoms with Gasteiger partial charge in [-0.25, -0.2) is 4.98 Å². The Labute approximate surface area is 92.1 Å². The van der Waals surface area contributed by atoms with E-state index in [2.05, 4.69) is 15.3 Å². The van der Waals surface area contributed by atoms with Crippen LogP contribution in [0.2, 0.25) is 5.15 Å². The SMILES string of the molecule is CCC(C#N)NC(=O)c1cncc(Cl)n1. The number of rotatable bonds is 3. The molecule has 78 valence electrons. The summed E-state index contributed by atoms with van der Waals surface area (Å²) in [6.45, 7) is 1.80.